The minimum absolute atomic E-state index is 0.0468. The number of carboxylic acids is 1. The average molecular weight is 338 g/mol. The van der Waals surface area contributed by atoms with E-state index in [1.54, 1.807) is 0 Å². The lowest BCUT2D eigenvalue weighted by Gasteiger charge is -2.04. The maximum absolute atomic E-state index is 11.5. The summed E-state index contributed by atoms with van der Waals surface area (Å²) in [6, 6.07) is 1.30. The zero-order chi connectivity index (χ0) is 14.7. The first-order valence-electron chi connectivity index (χ1n) is 5.24. The van der Waals surface area contributed by atoms with Crippen LogP contribution in [0.5, 0.6) is 0 Å². The van der Waals surface area contributed by atoms with Gasteiger partial charge >= 0.3 is 5.97 Å². The predicted octanol–water partition coefficient (Wildman–Crippen LogP) is 0.617. The van der Waals surface area contributed by atoms with Crippen LogP contribution in [0.15, 0.2) is 29.5 Å². The molecule has 0 aromatic carbocycles. The van der Waals surface area contributed by atoms with Gasteiger partial charge in [-0.15, -0.1) is 5.10 Å². The first-order valence-corrected chi connectivity index (χ1v) is 6.03. The van der Waals surface area contributed by atoms with Gasteiger partial charge in [-0.1, -0.05) is 0 Å². The van der Waals surface area contributed by atoms with E-state index in [9.17, 15) is 9.59 Å². The van der Waals surface area contributed by atoms with Gasteiger partial charge in [0.1, 0.15) is 6.33 Å². The number of hydrogen-bond acceptors (Lipinski definition) is 5. The van der Waals surface area contributed by atoms with Crippen molar-refractivity contribution in [1.29, 1.82) is 0 Å². The molecule has 0 aliphatic heterocycles. The molecule has 2 rings (SSSR count). The molecule has 0 saturated heterocycles. The fraction of sp³-hybridized carbons (Fsp3) is 0. The molecule has 2 aromatic rings. The molecule has 0 aliphatic carbocycles. The maximum Gasteiger partial charge on any atom is 0.337 e. The fourth-order valence-electron chi connectivity index (χ4n) is 1.43. The summed E-state index contributed by atoms with van der Waals surface area (Å²) in [6.07, 6.45) is 5.22. The van der Waals surface area contributed by atoms with Gasteiger partial charge in [-0.2, -0.15) is 0 Å². The molecule has 0 atom stereocenters. The molecule has 0 aliphatic rings. The highest BCUT2D eigenvalue weighted by Crippen LogP contribution is 2.16. The molecule has 8 nitrogen and oxygen atoms in total. The van der Waals surface area contributed by atoms with E-state index in [4.69, 9.17) is 10.8 Å². The molecule has 102 valence electrons. The number of amides is 1. The third-order valence-electron chi connectivity index (χ3n) is 2.30. The SMILES string of the molecule is NC(=O)C(=Cn1cnc(Br)n1)c1cncc(C(=O)O)c1. The van der Waals surface area contributed by atoms with E-state index in [1.165, 1.54) is 35.7 Å². The van der Waals surface area contributed by atoms with E-state index in [1.807, 2.05) is 0 Å². The minimum Gasteiger partial charge on any atom is -0.478 e. The molecule has 0 fully saturated rings. The Balaban J connectivity index is 2.49. The lowest BCUT2D eigenvalue weighted by Crippen LogP contribution is -2.14. The summed E-state index contributed by atoms with van der Waals surface area (Å²) in [5, 5.41) is 12.8. The molecule has 3 N–H and O–H groups in total. The number of pyridine rings is 1. The largest absolute Gasteiger partial charge is 0.478 e. The Morgan fingerprint density at radius 2 is 2.05 bits per heavy atom. The van der Waals surface area contributed by atoms with Crippen LogP contribution in [0.3, 0.4) is 0 Å². The summed E-state index contributed by atoms with van der Waals surface area (Å²) < 4.78 is 1.62. The van der Waals surface area contributed by atoms with Crippen LogP contribution in [-0.2, 0) is 4.79 Å². The van der Waals surface area contributed by atoms with Crippen molar-refractivity contribution in [1.82, 2.24) is 19.7 Å². The summed E-state index contributed by atoms with van der Waals surface area (Å²) in [7, 11) is 0. The Morgan fingerprint density at radius 1 is 1.35 bits per heavy atom. The number of carboxylic acid groups (broad SMARTS) is 1. The normalized spacial score (nSPS) is 11.3. The number of halogens is 1. The van der Waals surface area contributed by atoms with Gasteiger partial charge in [-0.05, 0) is 22.0 Å². The van der Waals surface area contributed by atoms with E-state index < -0.39 is 11.9 Å². The number of aromatic carboxylic acids is 1. The van der Waals surface area contributed by atoms with Crippen LogP contribution in [0.4, 0.5) is 0 Å². The number of carbonyl (C=O) groups is 2. The number of nitrogens with two attached hydrogens (primary N) is 1. The molecule has 2 aromatic heterocycles. The second-order valence-corrected chi connectivity index (χ2v) is 4.38. The van der Waals surface area contributed by atoms with Crippen molar-refractivity contribution >= 4 is 39.6 Å². The Kier molecular flexibility index (Phi) is 3.89. The zero-order valence-electron chi connectivity index (χ0n) is 9.89. The minimum atomic E-state index is -1.15. The molecule has 0 spiro atoms. The highest BCUT2D eigenvalue weighted by Gasteiger charge is 2.12. The Hall–Kier alpha value is -2.55. The van der Waals surface area contributed by atoms with Crippen molar-refractivity contribution in [2.75, 3.05) is 0 Å². The van der Waals surface area contributed by atoms with E-state index >= 15 is 0 Å². The summed E-state index contributed by atoms with van der Waals surface area (Å²) >= 11 is 3.07. The number of nitrogens with zero attached hydrogens (tertiary/aromatic N) is 4. The Morgan fingerprint density at radius 3 is 2.60 bits per heavy atom. The molecule has 0 bridgehead atoms. The van der Waals surface area contributed by atoms with Crippen molar-refractivity contribution in [2.24, 2.45) is 5.73 Å². The quantitative estimate of drug-likeness (QED) is 0.788. The smallest absolute Gasteiger partial charge is 0.337 e. The molecule has 2 heterocycles. The Labute approximate surface area is 121 Å². The van der Waals surface area contributed by atoms with E-state index in [2.05, 4.69) is 31.0 Å². The van der Waals surface area contributed by atoms with Gasteiger partial charge in [0.2, 0.25) is 4.73 Å². The van der Waals surface area contributed by atoms with Gasteiger partial charge in [0.25, 0.3) is 5.91 Å². The van der Waals surface area contributed by atoms with Crippen LogP contribution in [0.25, 0.3) is 11.8 Å². The lowest BCUT2D eigenvalue weighted by molar-refractivity contribution is -0.112. The van der Waals surface area contributed by atoms with Crippen LogP contribution in [0.1, 0.15) is 15.9 Å². The van der Waals surface area contributed by atoms with Crippen LogP contribution in [0.2, 0.25) is 0 Å². The number of hydrogen-bond donors (Lipinski definition) is 2. The first-order chi connectivity index (χ1) is 9.47. The third kappa shape index (κ3) is 3.06. The predicted molar refractivity (Wildman–Crippen MR) is 72.3 cm³/mol. The molecule has 20 heavy (non-hydrogen) atoms. The first kappa shape index (κ1) is 13.9. The van der Waals surface area contributed by atoms with Gasteiger partial charge in [0.15, 0.2) is 0 Å². The van der Waals surface area contributed by atoms with Crippen molar-refractivity contribution in [3.8, 4) is 0 Å². The highest BCUT2D eigenvalue weighted by atomic mass is 79.9. The fourth-order valence-corrected chi connectivity index (χ4v) is 1.71. The number of primary amides is 1. The maximum atomic E-state index is 11.5. The van der Waals surface area contributed by atoms with Crippen LogP contribution in [0, 0.1) is 0 Å². The monoisotopic (exact) mass is 337 g/mol. The zero-order valence-corrected chi connectivity index (χ0v) is 11.5. The van der Waals surface area contributed by atoms with E-state index in [0.717, 1.165) is 0 Å². The van der Waals surface area contributed by atoms with Crippen molar-refractivity contribution in [3.63, 3.8) is 0 Å². The third-order valence-corrected chi connectivity index (χ3v) is 2.67. The van der Waals surface area contributed by atoms with Gasteiger partial charge in [-0.25, -0.2) is 14.5 Å². The highest BCUT2D eigenvalue weighted by molar-refractivity contribution is 9.10. The van der Waals surface area contributed by atoms with Gasteiger partial charge in [-0.3, -0.25) is 9.78 Å². The van der Waals surface area contributed by atoms with Gasteiger partial charge in [0, 0.05) is 24.2 Å². The molecule has 9 heteroatoms. The number of rotatable bonds is 4. The lowest BCUT2D eigenvalue weighted by atomic mass is 10.1. The van der Waals surface area contributed by atoms with Crippen molar-refractivity contribution < 1.29 is 14.7 Å². The number of aromatic nitrogens is 4. The van der Waals surface area contributed by atoms with Gasteiger partial charge < -0.3 is 10.8 Å². The van der Waals surface area contributed by atoms with Crippen LogP contribution < -0.4 is 5.73 Å². The second-order valence-electron chi connectivity index (χ2n) is 3.67. The summed E-state index contributed by atoms with van der Waals surface area (Å²) in [5.74, 6) is -1.88. The Bertz CT molecular complexity index is 710. The molecular formula is C11H8BrN5O3. The molecular weight excluding hydrogens is 330 g/mol. The average Bonchev–Trinajstić information content (AvgIpc) is 2.81. The van der Waals surface area contributed by atoms with Crippen LogP contribution in [-0.4, -0.2) is 36.7 Å². The molecule has 0 radical (unpaired) electrons. The number of carbonyl (C=O) groups excluding carboxylic acids is 1. The van der Waals surface area contributed by atoms with Crippen molar-refractivity contribution in [3.05, 3.63) is 40.6 Å². The molecule has 0 unspecified atom stereocenters. The van der Waals surface area contributed by atoms with Gasteiger partial charge in [0.05, 0.1) is 11.1 Å². The van der Waals surface area contributed by atoms with Crippen LogP contribution >= 0.6 is 15.9 Å². The summed E-state index contributed by atoms with van der Waals surface area (Å²) in [4.78, 5) is 30.0. The second kappa shape index (κ2) is 5.61. The topological polar surface area (TPSA) is 124 Å². The molecule has 0 saturated carbocycles. The van der Waals surface area contributed by atoms with E-state index in [0.29, 0.717) is 4.73 Å². The summed E-state index contributed by atoms with van der Waals surface area (Å²) in [5.41, 5.74) is 5.60. The van der Waals surface area contributed by atoms with E-state index in [-0.39, 0.29) is 16.7 Å². The standard InChI is InChI=1S/C11H8BrN5O3/c12-11-15-5-17(16-11)4-8(9(13)18)6-1-7(10(19)20)3-14-2-6/h1-5H,(H2,13,18)(H,19,20). The molecule has 1 amide bonds. The van der Waals surface area contributed by atoms with Crippen molar-refractivity contribution in [2.45, 2.75) is 0 Å². The summed E-state index contributed by atoms with van der Waals surface area (Å²) in [6.45, 7) is 0.